The molecule has 4 nitrogen and oxygen atoms in total. The molecule has 0 N–H and O–H groups in total. The Bertz CT molecular complexity index is 307. The Morgan fingerprint density at radius 2 is 2.20 bits per heavy atom. The molecule has 1 rings (SSSR count). The number of aryl methyl sites for hydroxylation is 1. The highest BCUT2D eigenvalue weighted by Gasteiger charge is 2.02. The third-order valence-electron chi connectivity index (χ3n) is 1.87. The number of nitrogens with zero attached hydrogens (tertiary/aromatic N) is 2. The van der Waals surface area contributed by atoms with E-state index in [0.29, 0.717) is 31.7 Å². The number of rotatable bonds is 6. The molecule has 0 saturated carbocycles. The van der Waals surface area contributed by atoms with E-state index in [0.717, 1.165) is 11.3 Å². The van der Waals surface area contributed by atoms with Crippen LogP contribution in [-0.2, 0) is 10.6 Å². The second-order valence-electron chi connectivity index (χ2n) is 2.94. The second kappa shape index (κ2) is 6.58. The van der Waals surface area contributed by atoms with Gasteiger partial charge in [0.05, 0.1) is 12.5 Å². The number of ether oxygens (including phenoxy) is 2. The van der Waals surface area contributed by atoms with Gasteiger partial charge in [-0.2, -0.15) is 0 Å². The number of hydrogen-bond acceptors (Lipinski definition) is 4. The third-order valence-corrected chi connectivity index (χ3v) is 2.15. The molecule has 0 unspecified atom stereocenters. The number of hydrogen-bond donors (Lipinski definition) is 0. The van der Waals surface area contributed by atoms with Gasteiger partial charge in [-0.25, -0.2) is 9.97 Å². The van der Waals surface area contributed by atoms with Crippen LogP contribution in [0.5, 0.6) is 6.01 Å². The minimum atomic E-state index is 0.376. The van der Waals surface area contributed by atoms with Crippen molar-refractivity contribution in [2.75, 3.05) is 19.8 Å². The predicted molar refractivity (Wildman–Crippen MR) is 58.3 cm³/mol. The molecule has 1 aromatic rings. The standard InChI is InChI=1S/C10H15ClN2O2/c1-3-14-4-5-15-10-12-7-9(6-11)8(2)13-10/h7H,3-6H2,1-2H3. The van der Waals surface area contributed by atoms with E-state index in [4.69, 9.17) is 21.1 Å². The summed E-state index contributed by atoms with van der Waals surface area (Å²) in [4.78, 5) is 8.20. The van der Waals surface area contributed by atoms with Crippen LogP contribution in [0.2, 0.25) is 0 Å². The van der Waals surface area contributed by atoms with Crippen molar-refractivity contribution in [1.82, 2.24) is 9.97 Å². The first-order chi connectivity index (χ1) is 7.27. The van der Waals surface area contributed by atoms with Crippen LogP contribution in [0.25, 0.3) is 0 Å². The Balaban J connectivity index is 2.45. The largest absolute Gasteiger partial charge is 0.461 e. The molecule has 0 bridgehead atoms. The summed E-state index contributed by atoms with van der Waals surface area (Å²) in [5.74, 6) is 0.422. The normalized spacial score (nSPS) is 10.3. The van der Waals surface area contributed by atoms with Gasteiger partial charge in [-0.05, 0) is 13.8 Å². The Labute approximate surface area is 94.6 Å². The van der Waals surface area contributed by atoms with Crippen molar-refractivity contribution < 1.29 is 9.47 Å². The van der Waals surface area contributed by atoms with Crippen LogP contribution >= 0.6 is 11.6 Å². The van der Waals surface area contributed by atoms with Gasteiger partial charge >= 0.3 is 6.01 Å². The topological polar surface area (TPSA) is 44.2 Å². The van der Waals surface area contributed by atoms with Crippen LogP contribution < -0.4 is 4.74 Å². The van der Waals surface area contributed by atoms with E-state index in [1.165, 1.54) is 0 Å². The summed E-state index contributed by atoms with van der Waals surface area (Å²) >= 11 is 5.69. The van der Waals surface area contributed by atoms with Crippen molar-refractivity contribution in [3.63, 3.8) is 0 Å². The van der Waals surface area contributed by atoms with Crippen molar-refractivity contribution in [1.29, 1.82) is 0 Å². The fraction of sp³-hybridized carbons (Fsp3) is 0.600. The lowest BCUT2D eigenvalue weighted by Gasteiger charge is -2.06. The van der Waals surface area contributed by atoms with E-state index >= 15 is 0 Å². The Hall–Kier alpha value is -0.870. The first-order valence-electron chi connectivity index (χ1n) is 4.87. The van der Waals surface area contributed by atoms with Crippen LogP contribution in [0.4, 0.5) is 0 Å². The number of aromatic nitrogens is 2. The lowest BCUT2D eigenvalue weighted by atomic mass is 10.3. The SMILES string of the molecule is CCOCCOc1ncc(CCl)c(C)n1. The summed E-state index contributed by atoms with van der Waals surface area (Å²) in [6.07, 6.45) is 1.69. The Morgan fingerprint density at radius 3 is 2.80 bits per heavy atom. The van der Waals surface area contributed by atoms with E-state index in [2.05, 4.69) is 9.97 Å². The molecule has 0 spiro atoms. The Morgan fingerprint density at radius 1 is 1.40 bits per heavy atom. The maximum absolute atomic E-state index is 5.69. The molecule has 0 amide bonds. The van der Waals surface area contributed by atoms with Gasteiger partial charge in [0.15, 0.2) is 0 Å². The van der Waals surface area contributed by atoms with Gasteiger partial charge in [-0.15, -0.1) is 11.6 Å². The van der Waals surface area contributed by atoms with Crippen molar-refractivity contribution in [3.05, 3.63) is 17.5 Å². The minimum absolute atomic E-state index is 0.376. The molecule has 0 aliphatic carbocycles. The summed E-state index contributed by atoms with van der Waals surface area (Å²) < 4.78 is 10.4. The van der Waals surface area contributed by atoms with Gasteiger partial charge in [0.25, 0.3) is 0 Å². The molecular formula is C10H15ClN2O2. The molecule has 1 heterocycles. The van der Waals surface area contributed by atoms with Gasteiger partial charge in [0.1, 0.15) is 6.61 Å². The van der Waals surface area contributed by atoms with Crippen molar-refractivity contribution in [2.45, 2.75) is 19.7 Å². The van der Waals surface area contributed by atoms with Gasteiger partial charge < -0.3 is 9.47 Å². The smallest absolute Gasteiger partial charge is 0.316 e. The summed E-state index contributed by atoms with van der Waals surface area (Å²) in [6.45, 7) is 5.53. The maximum atomic E-state index is 5.69. The van der Waals surface area contributed by atoms with Crippen LogP contribution in [0, 0.1) is 6.92 Å². The fourth-order valence-electron chi connectivity index (χ4n) is 1.01. The molecule has 0 atom stereocenters. The molecular weight excluding hydrogens is 216 g/mol. The number of halogens is 1. The monoisotopic (exact) mass is 230 g/mol. The van der Waals surface area contributed by atoms with Crippen LogP contribution in [0.3, 0.4) is 0 Å². The molecule has 0 aliphatic rings. The van der Waals surface area contributed by atoms with E-state index in [-0.39, 0.29) is 0 Å². The molecule has 0 aromatic carbocycles. The maximum Gasteiger partial charge on any atom is 0.316 e. The average Bonchev–Trinajstić information content (AvgIpc) is 2.25. The third kappa shape index (κ3) is 4.01. The zero-order chi connectivity index (χ0) is 11.1. The summed E-state index contributed by atoms with van der Waals surface area (Å²) in [5.41, 5.74) is 1.78. The molecule has 0 aliphatic heterocycles. The second-order valence-corrected chi connectivity index (χ2v) is 3.21. The lowest BCUT2D eigenvalue weighted by Crippen LogP contribution is -2.09. The van der Waals surface area contributed by atoms with Gasteiger partial charge in [-0.1, -0.05) is 0 Å². The van der Waals surface area contributed by atoms with Gasteiger partial charge in [0, 0.05) is 24.1 Å². The molecule has 84 valence electrons. The van der Waals surface area contributed by atoms with E-state index in [1.807, 2.05) is 13.8 Å². The molecule has 15 heavy (non-hydrogen) atoms. The Kier molecular flexibility index (Phi) is 5.36. The predicted octanol–water partition coefficient (Wildman–Crippen LogP) is 1.94. The minimum Gasteiger partial charge on any atom is -0.461 e. The number of alkyl halides is 1. The summed E-state index contributed by atoms with van der Waals surface area (Å²) in [6, 6.07) is 0.376. The molecule has 1 aromatic heterocycles. The molecule has 0 fully saturated rings. The molecule has 5 heteroatoms. The first kappa shape index (κ1) is 12.2. The zero-order valence-corrected chi connectivity index (χ0v) is 9.75. The first-order valence-corrected chi connectivity index (χ1v) is 5.40. The fourth-order valence-corrected chi connectivity index (χ4v) is 1.27. The van der Waals surface area contributed by atoms with Crippen molar-refractivity contribution in [3.8, 4) is 6.01 Å². The summed E-state index contributed by atoms with van der Waals surface area (Å²) in [7, 11) is 0. The van der Waals surface area contributed by atoms with Gasteiger partial charge in [0.2, 0.25) is 0 Å². The molecule has 0 radical (unpaired) electrons. The zero-order valence-electron chi connectivity index (χ0n) is 8.99. The van der Waals surface area contributed by atoms with E-state index < -0.39 is 0 Å². The highest BCUT2D eigenvalue weighted by molar-refractivity contribution is 6.17. The van der Waals surface area contributed by atoms with Crippen LogP contribution in [0.15, 0.2) is 6.20 Å². The lowest BCUT2D eigenvalue weighted by molar-refractivity contribution is 0.106. The highest BCUT2D eigenvalue weighted by atomic mass is 35.5. The van der Waals surface area contributed by atoms with Gasteiger partial charge in [-0.3, -0.25) is 0 Å². The molecule has 0 saturated heterocycles. The van der Waals surface area contributed by atoms with Crippen LogP contribution in [0.1, 0.15) is 18.2 Å². The van der Waals surface area contributed by atoms with Crippen LogP contribution in [-0.4, -0.2) is 29.8 Å². The van der Waals surface area contributed by atoms with E-state index in [1.54, 1.807) is 6.20 Å². The van der Waals surface area contributed by atoms with E-state index in [9.17, 15) is 0 Å². The quantitative estimate of drug-likeness (QED) is 0.554. The highest BCUT2D eigenvalue weighted by Crippen LogP contribution is 2.10. The van der Waals surface area contributed by atoms with Crippen molar-refractivity contribution >= 4 is 11.6 Å². The van der Waals surface area contributed by atoms with Crippen molar-refractivity contribution in [2.24, 2.45) is 0 Å². The summed E-state index contributed by atoms with van der Waals surface area (Å²) in [5, 5.41) is 0. The average molecular weight is 231 g/mol.